The Hall–Kier alpha value is -0.820. The highest BCUT2D eigenvalue weighted by Crippen LogP contribution is 2.24. The fourth-order valence-corrected chi connectivity index (χ4v) is 2.09. The molecule has 3 atom stereocenters. The van der Waals surface area contributed by atoms with E-state index in [4.69, 9.17) is 14.6 Å². The number of aliphatic hydroxyl groups excluding tert-OH is 4. The van der Waals surface area contributed by atoms with Gasteiger partial charge in [0.2, 0.25) is 0 Å². The van der Waals surface area contributed by atoms with Crippen molar-refractivity contribution in [2.24, 2.45) is 0 Å². The minimum Gasteiger partial charge on any atom is -0.506 e. The van der Waals surface area contributed by atoms with E-state index in [-0.39, 0.29) is 0 Å². The van der Waals surface area contributed by atoms with Crippen molar-refractivity contribution >= 4 is 0 Å². The molecular weight excluding hydrogens is 264 g/mol. The average molecular weight is 290 g/mol. The predicted octanol–water partition coefficient (Wildman–Crippen LogP) is 1.77. The second-order valence-corrected chi connectivity index (χ2v) is 5.03. The lowest BCUT2D eigenvalue weighted by Crippen LogP contribution is -2.44. The van der Waals surface area contributed by atoms with E-state index in [1.807, 2.05) is 0 Å². The predicted molar refractivity (Wildman–Crippen MR) is 73.4 cm³/mol. The summed E-state index contributed by atoms with van der Waals surface area (Å²) in [4.78, 5) is 0. The molecule has 0 amide bonds. The zero-order valence-corrected chi connectivity index (χ0v) is 12.0. The topological polar surface area (TPSA) is 99.4 Å². The standard InChI is InChI=1S/C14H26O6/c1-2-3-4-5-6-7-8-19-14-13(18)12(17)11(16)10(9-15)20-14/h10,13-18H,2-9H2,1H3/t10-,13-,14-/m1/s1. The molecule has 1 heterocycles. The van der Waals surface area contributed by atoms with Gasteiger partial charge in [-0.2, -0.15) is 0 Å². The summed E-state index contributed by atoms with van der Waals surface area (Å²) in [5.74, 6) is -1.14. The number of aliphatic hydroxyl groups is 4. The Kier molecular flexibility index (Phi) is 7.91. The Labute approximate surface area is 119 Å². The molecule has 1 aliphatic heterocycles. The van der Waals surface area contributed by atoms with Crippen molar-refractivity contribution in [3.05, 3.63) is 11.5 Å². The lowest BCUT2D eigenvalue weighted by molar-refractivity contribution is -0.230. The van der Waals surface area contributed by atoms with Crippen molar-refractivity contribution in [3.8, 4) is 0 Å². The smallest absolute Gasteiger partial charge is 0.191 e. The molecule has 0 aromatic heterocycles. The summed E-state index contributed by atoms with van der Waals surface area (Å²) >= 11 is 0. The molecular formula is C14H26O6. The molecule has 0 aromatic rings. The number of ether oxygens (including phenoxy) is 2. The van der Waals surface area contributed by atoms with Gasteiger partial charge in [0.25, 0.3) is 0 Å². The molecule has 0 saturated heterocycles. The summed E-state index contributed by atoms with van der Waals surface area (Å²) in [6.07, 6.45) is 3.16. The van der Waals surface area contributed by atoms with E-state index < -0.39 is 36.6 Å². The van der Waals surface area contributed by atoms with Crippen LogP contribution in [-0.2, 0) is 9.47 Å². The number of unbranched alkanes of at least 4 members (excludes halogenated alkanes) is 5. The molecule has 0 aromatic carbocycles. The highest BCUT2D eigenvalue weighted by molar-refractivity contribution is 5.13. The maximum Gasteiger partial charge on any atom is 0.191 e. The Morgan fingerprint density at radius 2 is 1.70 bits per heavy atom. The average Bonchev–Trinajstić information content (AvgIpc) is 2.46. The highest BCUT2D eigenvalue weighted by atomic mass is 16.7. The van der Waals surface area contributed by atoms with Crippen molar-refractivity contribution in [2.45, 2.75) is 63.9 Å². The summed E-state index contributed by atoms with van der Waals surface area (Å²) in [6, 6.07) is 0. The zero-order chi connectivity index (χ0) is 15.0. The lowest BCUT2D eigenvalue weighted by Gasteiger charge is -2.32. The van der Waals surface area contributed by atoms with Gasteiger partial charge in [0.05, 0.1) is 6.61 Å². The molecule has 118 valence electrons. The van der Waals surface area contributed by atoms with E-state index in [1.54, 1.807) is 0 Å². The van der Waals surface area contributed by atoms with Crippen molar-refractivity contribution < 1.29 is 29.9 Å². The second-order valence-electron chi connectivity index (χ2n) is 5.03. The molecule has 0 saturated carbocycles. The van der Waals surface area contributed by atoms with E-state index in [1.165, 1.54) is 19.3 Å². The van der Waals surface area contributed by atoms with Crippen LogP contribution in [0.4, 0.5) is 0 Å². The van der Waals surface area contributed by atoms with Gasteiger partial charge in [-0.15, -0.1) is 0 Å². The number of hydrogen-bond donors (Lipinski definition) is 4. The third kappa shape index (κ3) is 4.94. The Bertz CT molecular complexity index is 304. The Morgan fingerprint density at radius 3 is 2.35 bits per heavy atom. The van der Waals surface area contributed by atoms with Crippen LogP contribution in [-0.4, -0.2) is 52.1 Å². The Balaban J connectivity index is 2.27. The molecule has 0 spiro atoms. The van der Waals surface area contributed by atoms with Crippen molar-refractivity contribution in [1.29, 1.82) is 0 Å². The van der Waals surface area contributed by atoms with Crippen LogP contribution in [0.2, 0.25) is 0 Å². The molecule has 6 heteroatoms. The van der Waals surface area contributed by atoms with Crippen molar-refractivity contribution in [2.75, 3.05) is 13.2 Å². The SMILES string of the molecule is CCCCCCCCO[C@@H]1O[C@H](CO)C(O)=C(O)[C@H]1O. The van der Waals surface area contributed by atoms with Crippen LogP contribution in [0.3, 0.4) is 0 Å². The molecule has 1 aliphatic rings. The molecule has 1 rings (SSSR count). The fraction of sp³-hybridized carbons (Fsp3) is 0.857. The minimum atomic E-state index is -1.42. The van der Waals surface area contributed by atoms with Gasteiger partial charge in [0, 0.05) is 6.61 Å². The second kappa shape index (κ2) is 9.18. The summed E-state index contributed by atoms with van der Waals surface area (Å²) in [5.41, 5.74) is 0. The molecule has 6 nitrogen and oxygen atoms in total. The molecule has 20 heavy (non-hydrogen) atoms. The van der Waals surface area contributed by atoms with Crippen LogP contribution in [0.15, 0.2) is 11.5 Å². The molecule has 0 bridgehead atoms. The van der Waals surface area contributed by atoms with Crippen LogP contribution in [0, 0.1) is 0 Å². The van der Waals surface area contributed by atoms with Crippen LogP contribution in [0.1, 0.15) is 45.4 Å². The quantitative estimate of drug-likeness (QED) is 0.483. The summed E-state index contributed by atoms with van der Waals surface area (Å²) in [5, 5.41) is 37.7. The van der Waals surface area contributed by atoms with Gasteiger partial charge in [-0.1, -0.05) is 39.0 Å². The number of rotatable bonds is 9. The van der Waals surface area contributed by atoms with E-state index >= 15 is 0 Å². The highest BCUT2D eigenvalue weighted by Gasteiger charge is 2.37. The molecule has 0 aliphatic carbocycles. The maximum atomic E-state index is 9.69. The molecule has 4 N–H and O–H groups in total. The zero-order valence-electron chi connectivity index (χ0n) is 12.0. The summed E-state index contributed by atoms with van der Waals surface area (Å²) in [7, 11) is 0. The van der Waals surface area contributed by atoms with Crippen LogP contribution >= 0.6 is 0 Å². The van der Waals surface area contributed by atoms with Gasteiger partial charge in [0.15, 0.2) is 23.9 Å². The summed E-state index contributed by atoms with van der Waals surface area (Å²) < 4.78 is 10.5. The van der Waals surface area contributed by atoms with Crippen LogP contribution in [0.5, 0.6) is 0 Å². The monoisotopic (exact) mass is 290 g/mol. The third-order valence-electron chi connectivity index (χ3n) is 3.35. The van der Waals surface area contributed by atoms with Crippen molar-refractivity contribution in [3.63, 3.8) is 0 Å². The largest absolute Gasteiger partial charge is 0.506 e. The van der Waals surface area contributed by atoms with Gasteiger partial charge in [-0.25, -0.2) is 0 Å². The first-order chi connectivity index (χ1) is 9.61. The van der Waals surface area contributed by atoms with Gasteiger partial charge < -0.3 is 29.9 Å². The van der Waals surface area contributed by atoms with Gasteiger partial charge in [-0.3, -0.25) is 0 Å². The van der Waals surface area contributed by atoms with E-state index in [2.05, 4.69) is 6.92 Å². The van der Waals surface area contributed by atoms with Crippen LogP contribution < -0.4 is 0 Å². The first-order valence-electron chi connectivity index (χ1n) is 7.29. The van der Waals surface area contributed by atoms with Gasteiger partial charge >= 0.3 is 0 Å². The Morgan fingerprint density at radius 1 is 1.05 bits per heavy atom. The first kappa shape index (κ1) is 17.2. The normalized spacial score (nSPS) is 27.1. The van der Waals surface area contributed by atoms with Crippen LogP contribution in [0.25, 0.3) is 0 Å². The summed E-state index contributed by atoms with van der Waals surface area (Å²) in [6.45, 7) is 2.08. The lowest BCUT2D eigenvalue weighted by atomic mass is 10.1. The third-order valence-corrected chi connectivity index (χ3v) is 3.35. The van der Waals surface area contributed by atoms with E-state index in [0.29, 0.717) is 6.61 Å². The van der Waals surface area contributed by atoms with Gasteiger partial charge in [-0.05, 0) is 6.42 Å². The minimum absolute atomic E-state index is 0.403. The molecule has 0 unspecified atom stereocenters. The van der Waals surface area contributed by atoms with E-state index in [9.17, 15) is 15.3 Å². The number of hydrogen-bond acceptors (Lipinski definition) is 6. The fourth-order valence-electron chi connectivity index (χ4n) is 2.09. The van der Waals surface area contributed by atoms with E-state index in [0.717, 1.165) is 19.3 Å². The molecule has 0 radical (unpaired) electrons. The maximum absolute atomic E-state index is 9.69. The van der Waals surface area contributed by atoms with Gasteiger partial charge in [0.1, 0.15) is 6.10 Å². The van der Waals surface area contributed by atoms with Crippen molar-refractivity contribution in [1.82, 2.24) is 0 Å². The first-order valence-corrected chi connectivity index (χ1v) is 7.29. The molecule has 0 fully saturated rings.